The molecule has 1 N–H and O–H groups in total. The predicted octanol–water partition coefficient (Wildman–Crippen LogP) is 2.04. The second-order valence-corrected chi connectivity index (χ2v) is 4.53. The van der Waals surface area contributed by atoms with Crippen molar-refractivity contribution in [1.29, 1.82) is 0 Å². The standard InChI is InChI=1S/C14H19NO3/c1-10(2)7-14(17)15-9-13(16)11-5-4-6-12(8-11)18-3/h4-6,8,10H,7,9H2,1-3H3,(H,15,17). The number of Topliss-reactive ketones (excluding diaryl/α,β-unsaturated/α-hetero) is 1. The van der Waals surface area contributed by atoms with Crippen LogP contribution in [0.2, 0.25) is 0 Å². The van der Waals surface area contributed by atoms with Crippen LogP contribution in [0.5, 0.6) is 5.75 Å². The number of hydrogen-bond donors (Lipinski definition) is 1. The number of ether oxygens (including phenoxy) is 1. The van der Waals surface area contributed by atoms with Gasteiger partial charge < -0.3 is 10.1 Å². The van der Waals surface area contributed by atoms with Gasteiger partial charge in [0, 0.05) is 12.0 Å². The van der Waals surface area contributed by atoms with Crippen molar-refractivity contribution in [2.45, 2.75) is 20.3 Å². The molecule has 0 bridgehead atoms. The van der Waals surface area contributed by atoms with Crippen molar-refractivity contribution in [3.05, 3.63) is 29.8 Å². The van der Waals surface area contributed by atoms with E-state index in [9.17, 15) is 9.59 Å². The molecule has 0 unspecified atom stereocenters. The molecule has 1 rings (SSSR count). The highest BCUT2D eigenvalue weighted by Crippen LogP contribution is 2.12. The normalized spacial score (nSPS) is 10.2. The Kier molecular flexibility index (Phi) is 5.36. The highest BCUT2D eigenvalue weighted by atomic mass is 16.5. The predicted molar refractivity (Wildman–Crippen MR) is 69.8 cm³/mol. The molecule has 98 valence electrons. The molecule has 0 atom stereocenters. The summed E-state index contributed by atoms with van der Waals surface area (Å²) in [6, 6.07) is 6.90. The number of hydrogen-bond acceptors (Lipinski definition) is 3. The molecular formula is C14H19NO3. The fraction of sp³-hybridized carbons (Fsp3) is 0.429. The lowest BCUT2D eigenvalue weighted by Crippen LogP contribution is -2.30. The number of nitrogens with one attached hydrogen (secondary N) is 1. The SMILES string of the molecule is COc1cccc(C(=O)CNC(=O)CC(C)C)c1. The summed E-state index contributed by atoms with van der Waals surface area (Å²) in [4.78, 5) is 23.3. The van der Waals surface area contributed by atoms with E-state index in [4.69, 9.17) is 4.74 Å². The van der Waals surface area contributed by atoms with Crippen LogP contribution in [0.1, 0.15) is 30.6 Å². The Bertz CT molecular complexity index is 427. The first-order chi connectivity index (χ1) is 8.52. The van der Waals surface area contributed by atoms with Crippen molar-refractivity contribution >= 4 is 11.7 Å². The van der Waals surface area contributed by atoms with E-state index in [2.05, 4.69) is 5.32 Å². The molecule has 4 nitrogen and oxygen atoms in total. The van der Waals surface area contributed by atoms with Gasteiger partial charge in [-0.25, -0.2) is 0 Å². The number of carbonyl (C=O) groups is 2. The lowest BCUT2D eigenvalue weighted by Gasteiger charge is -2.07. The minimum Gasteiger partial charge on any atom is -0.497 e. The molecule has 0 heterocycles. The molecular weight excluding hydrogens is 230 g/mol. The Morgan fingerprint density at radius 2 is 2.06 bits per heavy atom. The summed E-state index contributed by atoms with van der Waals surface area (Å²) >= 11 is 0. The van der Waals surface area contributed by atoms with E-state index in [0.717, 1.165) is 0 Å². The molecule has 4 heteroatoms. The summed E-state index contributed by atoms with van der Waals surface area (Å²) in [5.41, 5.74) is 0.541. The summed E-state index contributed by atoms with van der Waals surface area (Å²) in [7, 11) is 1.55. The Balaban J connectivity index is 2.52. The number of rotatable bonds is 6. The fourth-order valence-electron chi connectivity index (χ4n) is 1.52. The molecule has 0 saturated carbocycles. The minimum atomic E-state index is -0.119. The molecule has 0 fully saturated rings. The Morgan fingerprint density at radius 1 is 1.33 bits per heavy atom. The highest BCUT2D eigenvalue weighted by molar-refractivity contribution is 5.99. The number of ketones is 1. The molecule has 1 aromatic carbocycles. The van der Waals surface area contributed by atoms with Gasteiger partial charge in [0.2, 0.25) is 5.91 Å². The van der Waals surface area contributed by atoms with Crippen molar-refractivity contribution in [1.82, 2.24) is 5.32 Å². The quantitative estimate of drug-likeness (QED) is 0.785. The van der Waals surface area contributed by atoms with Crippen molar-refractivity contribution in [2.24, 2.45) is 5.92 Å². The van der Waals surface area contributed by atoms with Crippen LogP contribution in [-0.4, -0.2) is 25.3 Å². The molecule has 0 aliphatic heterocycles. The molecule has 1 amide bonds. The van der Waals surface area contributed by atoms with Gasteiger partial charge in [0.25, 0.3) is 0 Å². The second-order valence-electron chi connectivity index (χ2n) is 4.53. The third-order valence-electron chi connectivity index (χ3n) is 2.43. The topological polar surface area (TPSA) is 55.4 Å². The second kappa shape index (κ2) is 6.79. The maximum absolute atomic E-state index is 11.8. The number of benzene rings is 1. The summed E-state index contributed by atoms with van der Waals surface area (Å²) in [5, 5.41) is 2.62. The zero-order valence-electron chi connectivity index (χ0n) is 11.0. The molecule has 0 aliphatic rings. The van der Waals surface area contributed by atoms with Gasteiger partial charge in [0.05, 0.1) is 13.7 Å². The van der Waals surface area contributed by atoms with Gasteiger partial charge in [-0.05, 0) is 18.1 Å². The van der Waals surface area contributed by atoms with Crippen LogP contribution >= 0.6 is 0 Å². The largest absolute Gasteiger partial charge is 0.497 e. The van der Waals surface area contributed by atoms with Gasteiger partial charge in [0.15, 0.2) is 5.78 Å². The third kappa shape index (κ3) is 4.57. The molecule has 1 aromatic rings. The third-order valence-corrected chi connectivity index (χ3v) is 2.43. The highest BCUT2D eigenvalue weighted by Gasteiger charge is 2.09. The average Bonchev–Trinajstić information content (AvgIpc) is 2.35. The van der Waals surface area contributed by atoms with E-state index in [1.807, 2.05) is 13.8 Å². The molecule has 18 heavy (non-hydrogen) atoms. The number of amides is 1. The van der Waals surface area contributed by atoms with Crippen molar-refractivity contribution in [3.63, 3.8) is 0 Å². The van der Waals surface area contributed by atoms with E-state index in [1.54, 1.807) is 31.4 Å². The lowest BCUT2D eigenvalue weighted by atomic mass is 10.1. The molecule has 0 aliphatic carbocycles. The Labute approximate surface area is 107 Å². The molecule has 0 spiro atoms. The monoisotopic (exact) mass is 249 g/mol. The van der Waals surface area contributed by atoms with Gasteiger partial charge in [-0.1, -0.05) is 26.0 Å². The van der Waals surface area contributed by atoms with Gasteiger partial charge in [-0.2, -0.15) is 0 Å². The number of methoxy groups -OCH3 is 1. The summed E-state index contributed by atoms with van der Waals surface area (Å²) < 4.78 is 5.04. The van der Waals surface area contributed by atoms with E-state index in [1.165, 1.54) is 0 Å². The van der Waals surface area contributed by atoms with Crippen LogP contribution < -0.4 is 10.1 Å². The van der Waals surface area contributed by atoms with Crippen LogP contribution in [0.3, 0.4) is 0 Å². The smallest absolute Gasteiger partial charge is 0.220 e. The molecule has 0 saturated heterocycles. The van der Waals surface area contributed by atoms with Crippen LogP contribution in [0, 0.1) is 5.92 Å². The molecule has 0 radical (unpaired) electrons. The maximum Gasteiger partial charge on any atom is 0.220 e. The minimum absolute atomic E-state index is 0.0265. The van der Waals surface area contributed by atoms with Crippen molar-refractivity contribution < 1.29 is 14.3 Å². The van der Waals surface area contributed by atoms with Gasteiger partial charge in [-0.3, -0.25) is 9.59 Å². The fourth-order valence-corrected chi connectivity index (χ4v) is 1.52. The van der Waals surface area contributed by atoms with Crippen LogP contribution in [0.15, 0.2) is 24.3 Å². The van der Waals surface area contributed by atoms with Crippen molar-refractivity contribution in [2.75, 3.05) is 13.7 Å². The van der Waals surface area contributed by atoms with Gasteiger partial charge >= 0.3 is 0 Å². The van der Waals surface area contributed by atoms with E-state index in [0.29, 0.717) is 17.7 Å². The van der Waals surface area contributed by atoms with Crippen molar-refractivity contribution in [3.8, 4) is 5.75 Å². The summed E-state index contributed by atoms with van der Waals surface area (Å²) in [6.45, 7) is 3.95. The van der Waals surface area contributed by atoms with Crippen LogP contribution in [0.25, 0.3) is 0 Å². The first-order valence-electron chi connectivity index (χ1n) is 5.97. The van der Waals surface area contributed by atoms with Crippen LogP contribution in [0.4, 0.5) is 0 Å². The zero-order valence-corrected chi connectivity index (χ0v) is 11.0. The average molecular weight is 249 g/mol. The van der Waals surface area contributed by atoms with E-state index >= 15 is 0 Å². The van der Waals surface area contributed by atoms with Gasteiger partial charge in [0.1, 0.15) is 5.75 Å². The maximum atomic E-state index is 11.8. The van der Waals surface area contributed by atoms with Gasteiger partial charge in [-0.15, -0.1) is 0 Å². The summed E-state index contributed by atoms with van der Waals surface area (Å²) in [6.07, 6.45) is 0.436. The Morgan fingerprint density at radius 3 is 2.67 bits per heavy atom. The summed E-state index contributed by atoms with van der Waals surface area (Å²) in [5.74, 6) is 0.707. The first kappa shape index (κ1) is 14.2. The van der Waals surface area contributed by atoms with E-state index < -0.39 is 0 Å². The first-order valence-corrected chi connectivity index (χ1v) is 5.97. The number of carbonyl (C=O) groups excluding carboxylic acids is 2. The molecule has 0 aromatic heterocycles. The lowest BCUT2D eigenvalue weighted by molar-refractivity contribution is -0.121. The van der Waals surface area contributed by atoms with Crippen LogP contribution in [-0.2, 0) is 4.79 Å². The van der Waals surface area contributed by atoms with E-state index in [-0.39, 0.29) is 24.2 Å². The Hall–Kier alpha value is -1.84. The zero-order chi connectivity index (χ0) is 13.5.